The van der Waals surface area contributed by atoms with Crippen LogP contribution in [-0.4, -0.2) is 17.6 Å². The van der Waals surface area contributed by atoms with Crippen LogP contribution in [0.1, 0.15) is 27.9 Å². The number of hydrogen-bond acceptors (Lipinski definition) is 4. The lowest BCUT2D eigenvalue weighted by atomic mass is 10.0. The second kappa shape index (κ2) is 5.14. The van der Waals surface area contributed by atoms with Crippen molar-refractivity contribution < 1.29 is 14.4 Å². The first-order valence-corrected chi connectivity index (χ1v) is 7.30. The van der Waals surface area contributed by atoms with E-state index in [1.165, 1.54) is 11.3 Å². The Morgan fingerprint density at radius 2 is 1.81 bits per heavy atom. The molecule has 0 bridgehead atoms. The van der Waals surface area contributed by atoms with Gasteiger partial charge in [-0.25, -0.2) is 0 Å². The van der Waals surface area contributed by atoms with Gasteiger partial charge in [-0.05, 0) is 36.1 Å². The Labute approximate surface area is 125 Å². The quantitative estimate of drug-likeness (QED) is 0.661. The third kappa shape index (κ3) is 2.57. The van der Waals surface area contributed by atoms with Gasteiger partial charge in [0.1, 0.15) is 6.42 Å². The Bertz CT molecular complexity index is 764. The van der Waals surface area contributed by atoms with Gasteiger partial charge in [0.15, 0.2) is 5.78 Å². The molecule has 1 aliphatic rings. The summed E-state index contributed by atoms with van der Waals surface area (Å²) in [5, 5.41) is 8.99. The number of amides is 2. The third-order valence-corrected chi connectivity index (χ3v) is 4.11. The normalized spacial score (nSPS) is 14.0. The molecule has 2 aromatic rings. The highest BCUT2D eigenvalue weighted by Gasteiger charge is 2.20. The molecule has 6 heteroatoms. The molecule has 1 aromatic heterocycles. The van der Waals surface area contributed by atoms with E-state index in [0.29, 0.717) is 22.5 Å². The number of carbonyl (C=O) groups excluding carboxylic acids is 3. The molecule has 0 aliphatic carbocycles. The average molecular weight is 300 g/mol. The number of thiophene rings is 1. The molecule has 2 amide bonds. The van der Waals surface area contributed by atoms with E-state index < -0.39 is 0 Å². The number of benzene rings is 1. The fourth-order valence-electron chi connectivity index (χ4n) is 2.18. The molecule has 0 radical (unpaired) electrons. The Morgan fingerprint density at radius 1 is 1.10 bits per heavy atom. The van der Waals surface area contributed by atoms with Crippen LogP contribution >= 0.6 is 11.3 Å². The molecule has 2 N–H and O–H groups in total. The highest BCUT2D eigenvalue weighted by Crippen LogP contribution is 2.28. The maximum Gasteiger partial charge on any atom is 0.233 e. The minimum atomic E-state index is -0.387. The van der Waals surface area contributed by atoms with Crippen molar-refractivity contribution in [3.63, 3.8) is 0 Å². The zero-order chi connectivity index (χ0) is 15.0. The largest absolute Gasteiger partial charge is 0.324 e. The zero-order valence-corrected chi connectivity index (χ0v) is 12.0. The topological polar surface area (TPSA) is 75.3 Å². The van der Waals surface area contributed by atoms with E-state index in [1.54, 1.807) is 18.2 Å². The molecule has 1 aromatic carbocycles. The Morgan fingerprint density at radius 3 is 2.48 bits per heavy atom. The van der Waals surface area contributed by atoms with Crippen molar-refractivity contribution in [2.24, 2.45) is 0 Å². The lowest BCUT2D eigenvalue weighted by Gasteiger charge is -2.09. The maximum atomic E-state index is 12.5. The summed E-state index contributed by atoms with van der Waals surface area (Å²) in [5.41, 5.74) is 3.02. The summed E-state index contributed by atoms with van der Waals surface area (Å²) in [4.78, 5) is 35.5. The molecule has 106 valence electrons. The van der Waals surface area contributed by atoms with Crippen LogP contribution in [0.5, 0.6) is 0 Å². The smallest absolute Gasteiger partial charge is 0.233 e. The van der Waals surface area contributed by atoms with Gasteiger partial charge in [0.25, 0.3) is 0 Å². The van der Waals surface area contributed by atoms with Crippen LogP contribution in [0.25, 0.3) is 0 Å². The second-order valence-electron chi connectivity index (χ2n) is 4.83. The number of hydrogen-bond donors (Lipinski definition) is 2. The van der Waals surface area contributed by atoms with Gasteiger partial charge in [-0.3, -0.25) is 14.4 Å². The van der Waals surface area contributed by atoms with Gasteiger partial charge >= 0.3 is 0 Å². The third-order valence-electron chi connectivity index (χ3n) is 3.25. The molecular weight excluding hydrogens is 288 g/mol. The Balaban J connectivity index is 2.00. The SMILES string of the molecule is Cc1cscc1C(=O)c1ccc2c(c1)NC(=O)CC(=O)N2. The fourth-order valence-corrected chi connectivity index (χ4v) is 3.01. The highest BCUT2D eigenvalue weighted by atomic mass is 32.1. The number of anilines is 2. The molecule has 3 rings (SSSR count). The number of aryl methyl sites for hydroxylation is 1. The molecular formula is C15H12N2O3S. The summed E-state index contributed by atoms with van der Waals surface area (Å²) >= 11 is 1.47. The van der Waals surface area contributed by atoms with Crippen molar-refractivity contribution >= 4 is 40.3 Å². The number of carbonyl (C=O) groups is 3. The van der Waals surface area contributed by atoms with E-state index in [9.17, 15) is 14.4 Å². The lowest BCUT2D eigenvalue weighted by molar-refractivity contribution is -0.123. The molecule has 0 unspecified atom stereocenters. The van der Waals surface area contributed by atoms with Crippen molar-refractivity contribution in [3.8, 4) is 0 Å². The lowest BCUT2D eigenvalue weighted by Crippen LogP contribution is -2.16. The molecule has 0 saturated heterocycles. The van der Waals surface area contributed by atoms with E-state index in [-0.39, 0.29) is 24.0 Å². The molecule has 0 spiro atoms. The van der Waals surface area contributed by atoms with Crippen LogP contribution in [-0.2, 0) is 9.59 Å². The number of fused-ring (bicyclic) bond motifs is 1. The Kier molecular flexibility index (Phi) is 3.31. The van der Waals surface area contributed by atoms with E-state index in [1.807, 2.05) is 17.7 Å². The standard InChI is InChI=1S/C15H12N2O3S/c1-8-6-21-7-10(8)15(20)9-2-3-11-12(4-9)17-14(19)5-13(18)16-11/h2-4,6-7H,5H2,1H3,(H,16,18)(H,17,19). The minimum absolute atomic E-state index is 0.0960. The molecule has 0 saturated carbocycles. The first kappa shape index (κ1) is 13.5. The number of ketones is 1. The van der Waals surface area contributed by atoms with Crippen LogP contribution in [0.4, 0.5) is 11.4 Å². The monoisotopic (exact) mass is 300 g/mol. The van der Waals surface area contributed by atoms with Crippen molar-refractivity contribution in [1.82, 2.24) is 0 Å². The van der Waals surface area contributed by atoms with Gasteiger partial charge in [-0.15, -0.1) is 0 Å². The summed E-state index contributed by atoms with van der Waals surface area (Å²) in [6.45, 7) is 1.88. The maximum absolute atomic E-state index is 12.5. The van der Waals surface area contributed by atoms with E-state index >= 15 is 0 Å². The van der Waals surface area contributed by atoms with Gasteiger partial charge in [0.05, 0.1) is 11.4 Å². The fraction of sp³-hybridized carbons (Fsp3) is 0.133. The zero-order valence-electron chi connectivity index (χ0n) is 11.2. The number of nitrogens with one attached hydrogen (secondary N) is 2. The predicted octanol–water partition coefficient (Wildman–Crippen LogP) is 2.57. The second-order valence-corrected chi connectivity index (χ2v) is 5.57. The van der Waals surface area contributed by atoms with E-state index in [4.69, 9.17) is 0 Å². The molecule has 0 atom stereocenters. The summed E-state index contributed by atoms with van der Waals surface area (Å²) in [5.74, 6) is -0.844. The number of rotatable bonds is 2. The van der Waals surface area contributed by atoms with Crippen molar-refractivity contribution in [1.29, 1.82) is 0 Å². The van der Waals surface area contributed by atoms with Crippen LogP contribution < -0.4 is 10.6 Å². The predicted molar refractivity (Wildman–Crippen MR) is 80.8 cm³/mol. The van der Waals surface area contributed by atoms with Crippen LogP contribution in [0.2, 0.25) is 0 Å². The first-order chi connectivity index (χ1) is 10.0. The minimum Gasteiger partial charge on any atom is -0.324 e. The molecule has 2 heterocycles. The summed E-state index contributed by atoms with van der Waals surface area (Å²) in [6.07, 6.45) is -0.221. The van der Waals surface area contributed by atoms with Crippen LogP contribution in [0.15, 0.2) is 29.0 Å². The van der Waals surface area contributed by atoms with Gasteiger partial charge in [0.2, 0.25) is 11.8 Å². The molecule has 5 nitrogen and oxygen atoms in total. The van der Waals surface area contributed by atoms with E-state index in [2.05, 4.69) is 10.6 Å². The first-order valence-electron chi connectivity index (χ1n) is 6.36. The van der Waals surface area contributed by atoms with Gasteiger partial charge in [-0.2, -0.15) is 11.3 Å². The summed E-state index contributed by atoms with van der Waals surface area (Å²) in [6, 6.07) is 4.88. The van der Waals surface area contributed by atoms with E-state index in [0.717, 1.165) is 5.56 Å². The van der Waals surface area contributed by atoms with Gasteiger partial charge < -0.3 is 10.6 Å². The molecule has 1 aliphatic heterocycles. The van der Waals surface area contributed by atoms with Crippen molar-refractivity contribution in [2.45, 2.75) is 13.3 Å². The van der Waals surface area contributed by atoms with Crippen LogP contribution in [0, 0.1) is 6.92 Å². The van der Waals surface area contributed by atoms with Crippen molar-refractivity contribution in [3.05, 3.63) is 45.6 Å². The molecule has 0 fully saturated rings. The van der Waals surface area contributed by atoms with Crippen molar-refractivity contribution in [2.75, 3.05) is 10.6 Å². The average Bonchev–Trinajstić information content (AvgIpc) is 2.79. The Hall–Kier alpha value is -2.47. The summed E-state index contributed by atoms with van der Waals surface area (Å²) in [7, 11) is 0. The van der Waals surface area contributed by atoms with Crippen LogP contribution in [0.3, 0.4) is 0 Å². The molecule has 21 heavy (non-hydrogen) atoms. The van der Waals surface area contributed by atoms with Gasteiger partial charge in [0, 0.05) is 16.5 Å². The summed E-state index contributed by atoms with van der Waals surface area (Å²) < 4.78 is 0. The van der Waals surface area contributed by atoms with Gasteiger partial charge in [-0.1, -0.05) is 0 Å². The highest BCUT2D eigenvalue weighted by molar-refractivity contribution is 7.08.